The van der Waals surface area contributed by atoms with Gasteiger partial charge in [0.25, 0.3) is 5.91 Å². The zero-order chi connectivity index (χ0) is 23.0. The predicted molar refractivity (Wildman–Crippen MR) is 129 cm³/mol. The number of carbonyl (C=O) groups excluding carboxylic acids is 1. The molecule has 0 atom stereocenters. The van der Waals surface area contributed by atoms with Gasteiger partial charge in [-0.2, -0.15) is 5.10 Å². The first kappa shape index (κ1) is 22.4. The molecule has 7 heteroatoms. The Balaban J connectivity index is 1.37. The van der Waals surface area contributed by atoms with Crippen LogP contribution >= 0.6 is 11.6 Å². The Labute approximate surface area is 197 Å². The number of benzene rings is 3. The lowest BCUT2D eigenvalue weighted by Gasteiger charge is -2.09. The Bertz CT molecular complexity index is 1210. The highest BCUT2D eigenvalue weighted by molar-refractivity contribution is 6.33. The van der Waals surface area contributed by atoms with Gasteiger partial charge in [0, 0.05) is 11.8 Å². The molecule has 1 amide bonds. The Hall–Kier alpha value is -3.77. The number of amides is 1. The van der Waals surface area contributed by atoms with E-state index >= 15 is 0 Å². The molecule has 0 aliphatic rings. The number of rotatable bonds is 9. The standard InChI is InChI=1S/C26H24ClN3O3/c1-2-32-22-11-13-23(14-12-22)33-18-20-9-6-10-21(15-20)26(31)28-25-24(27)17-30(29-25)16-19-7-4-3-5-8-19/h3-15,17H,2,16,18H2,1H3,(H,28,29,31). The second kappa shape index (κ2) is 10.7. The van der Waals surface area contributed by atoms with Gasteiger partial charge >= 0.3 is 0 Å². The SMILES string of the molecule is CCOc1ccc(OCc2cccc(C(=O)Nc3nn(Cc4ccccc4)cc3Cl)c2)cc1. The summed E-state index contributed by atoms with van der Waals surface area (Å²) in [6.45, 7) is 3.46. The molecule has 0 saturated carbocycles. The van der Waals surface area contributed by atoms with Crippen molar-refractivity contribution in [2.45, 2.75) is 20.1 Å². The van der Waals surface area contributed by atoms with Crippen molar-refractivity contribution in [2.24, 2.45) is 0 Å². The molecular formula is C26H24ClN3O3. The van der Waals surface area contributed by atoms with Crippen molar-refractivity contribution in [3.8, 4) is 11.5 Å². The molecule has 0 unspecified atom stereocenters. The molecule has 0 bridgehead atoms. The van der Waals surface area contributed by atoms with Gasteiger partial charge in [-0.05, 0) is 54.4 Å². The van der Waals surface area contributed by atoms with Crippen LogP contribution in [0.2, 0.25) is 5.02 Å². The molecular weight excluding hydrogens is 438 g/mol. The van der Waals surface area contributed by atoms with Crippen molar-refractivity contribution < 1.29 is 14.3 Å². The molecule has 0 aliphatic carbocycles. The van der Waals surface area contributed by atoms with Crippen LogP contribution in [0.4, 0.5) is 5.82 Å². The van der Waals surface area contributed by atoms with Crippen LogP contribution < -0.4 is 14.8 Å². The molecule has 1 N–H and O–H groups in total. The van der Waals surface area contributed by atoms with E-state index in [9.17, 15) is 4.79 Å². The third-order valence-corrected chi connectivity index (χ3v) is 5.14. The van der Waals surface area contributed by atoms with Gasteiger partial charge in [-0.15, -0.1) is 0 Å². The van der Waals surface area contributed by atoms with Crippen LogP contribution in [0.1, 0.15) is 28.4 Å². The first-order valence-corrected chi connectivity index (χ1v) is 11.0. The predicted octanol–water partition coefficient (Wildman–Crippen LogP) is 5.81. The lowest BCUT2D eigenvalue weighted by Crippen LogP contribution is -2.13. The summed E-state index contributed by atoms with van der Waals surface area (Å²) in [6, 6.07) is 24.6. The van der Waals surface area contributed by atoms with Crippen molar-refractivity contribution >= 4 is 23.3 Å². The molecule has 0 spiro atoms. The van der Waals surface area contributed by atoms with E-state index in [1.165, 1.54) is 0 Å². The molecule has 0 aliphatic heterocycles. The number of ether oxygens (including phenoxy) is 2. The monoisotopic (exact) mass is 461 g/mol. The van der Waals surface area contributed by atoms with Gasteiger partial charge in [-0.1, -0.05) is 54.1 Å². The Morgan fingerprint density at radius 1 is 0.939 bits per heavy atom. The minimum Gasteiger partial charge on any atom is -0.494 e. The van der Waals surface area contributed by atoms with Crippen LogP contribution in [0.5, 0.6) is 11.5 Å². The molecule has 0 radical (unpaired) electrons. The summed E-state index contributed by atoms with van der Waals surface area (Å²) in [5.41, 5.74) is 2.46. The number of carbonyl (C=O) groups is 1. The minimum atomic E-state index is -0.287. The minimum absolute atomic E-state index is 0.287. The number of nitrogens with zero attached hydrogens (tertiary/aromatic N) is 2. The third kappa shape index (κ3) is 6.14. The smallest absolute Gasteiger partial charge is 0.256 e. The van der Waals surface area contributed by atoms with Crippen molar-refractivity contribution in [3.05, 3.63) is 107 Å². The second-order valence-corrected chi connectivity index (χ2v) is 7.76. The van der Waals surface area contributed by atoms with Gasteiger partial charge in [0.05, 0.1) is 13.2 Å². The average molecular weight is 462 g/mol. The number of aromatic nitrogens is 2. The summed E-state index contributed by atoms with van der Waals surface area (Å²) in [4.78, 5) is 12.8. The number of nitrogens with one attached hydrogen (secondary N) is 1. The highest BCUT2D eigenvalue weighted by Gasteiger charge is 2.13. The maximum Gasteiger partial charge on any atom is 0.256 e. The summed E-state index contributed by atoms with van der Waals surface area (Å²) in [5.74, 6) is 1.57. The van der Waals surface area contributed by atoms with Crippen molar-refractivity contribution in [1.29, 1.82) is 0 Å². The Kier molecular flexibility index (Phi) is 7.27. The molecule has 0 fully saturated rings. The summed E-state index contributed by atoms with van der Waals surface area (Å²) in [7, 11) is 0. The highest BCUT2D eigenvalue weighted by Crippen LogP contribution is 2.22. The molecule has 6 nitrogen and oxygen atoms in total. The van der Waals surface area contributed by atoms with Crippen LogP contribution in [-0.4, -0.2) is 22.3 Å². The van der Waals surface area contributed by atoms with Crippen molar-refractivity contribution in [2.75, 3.05) is 11.9 Å². The largest absolute Gasteiger partial charge is 0.494 e. The van der Waals surface area contributed by atoms with E-state index in [-0.39, 0.29) is 5.91 Å². The Morgan fingerprint density at radius 3 is 2.36 bits per heavy atom. The van der Waals surface area contributed by atoms with Gasteiger partial charge in [0.1, 0.15) is 23.1 Å². The lowest BCUT2D eigenvalue weighted by atomic mass is 10.1. The van der Waals surface area contributed by atoms with E-state index in [1.807, 2.05) is 73.7 Å². The summed E-state index contributed by atoms with van der Waals surface area (Å²) < 4.78 is 13.0. The number of halogens is 1. The van der Waals surface area contributed by atoms with Crippen LogP contribution in [0.3, 0.4) is 0 Å². The highest BCUT2D eigenvalue weighted by atomic mass is 35.5. The van der Waals surface area contributed by atoms with Gasteiger partial charge in [0.2, 0.25) is 0 Å². The van der Waals surface area contributed by atoms with E-state index in [1.54, 1.807) is 23.0 Å². The zero-order valence-corrected chi connectivity index (χ0v) is 19.0. The van der Waals surface area contributed by atoms with E-state index in [2.05, 4.69) is 10.4 Å². The first-order valence-electron chi connectivity index (χ1n) is 10.6. The van der Waals surface area contributed by atoms with Gasteiger partial charge in [-0.25, -0.2) is 0 Å². The first-order chi connectivity index (χ1) is 16.1. The summed E-state index contributed by atoms with van der Waals surface area (Å²) >= 11 is 6.30. The lowest BCUT2D eigenvalue weighted by molar-refractivity contribution is 0.102. The van der Waals surface area contributed by atoms with Crippen LogP contribution in [0.15, 0.2) is 85.1 Å². The molecule has 1 aromatic heterocycles. The Morgan fingerprint density at radius 2 is 1.64 bits per heavy atom. The van der Waals surface area contributed by atoms with Crippen LogP contribution in [0.25, 0.3) is 0 Å². The van der Waals surface area contributed by atoms with Gasteiger partial charge < -0.3 is 14.8 Å². The number of hydrogen-bond donors (Lipinski definition) is 1. The second-order valence-electron chi connectivity index (χ2n) is 7.36. The molecule has 33 heavy (non-hydrogen) atoms. The molecule has 168 valence electrons. The zero-order valence-electron chi connectivity index (χ0n) is 18.2. The third-order valence-electron chi connectivity index (χ3n) is 4.87. The molecule has 4 aromatic rings. The quantitative estimate of drug-likeness (QED) is 0.341. The summed E-state index contributed by atoms with van der Waals surface area (Å²) in [6.07, 6.45) is 1.70. The maximum absolute atomic E-state index is 12.8. The van der Waals surface area contributed by atoms with Crippen LogP contribution in [0, 0.1) is 0 Å². The number of hydrogen-bond acceptors (Lipinski definition) is 4. The maximum atomic E-state index is 12.8. The van der Waals surface area contributed by atoms with E-state index < -0.39 is 0 Å². The molecule has 4 rings (SSSR count). The fourth-order valence-corrected chi connectivity index (χ4v) is 3.48. The fraction of sp³-hybridized carbons (Fsp3) is 0.154. The average Bonchev–Trinajstić information content (AvgIpc) is 3.18. The fourth-order valence-electron chi connectivity index (χ4n) is 3.28. The molecule has 1 heterocycles. The van der Waals surface area contributed by atoms with E-state index in [0.29, 0.717) is 36.2 Å². The molecule has 0 saturated heterocycles. The molecule has 3 aromatic carbocycles. The topological polar surface area (TPSA) is 65.4 Å². The summed E-state index contributed by atoms with van der Waals surface area (Å²) in [5, 5.41) is 7.58. The van der Waals surface area contributed by atoms with E-state index in [4.69, 9.17) is 21.1 Å². The normalized spacial score (nSPS) is 10.6. The van der Waals surface area contributed by atoms with E-state index in [0.717, 1.165) is 22.6 Å². The number of anilines is 1. The van der Waals surface area contributed by atoms with Crippen molar-refractivity contribution in [3.63, 3.8) is 0 Å². The van der Waals surface area contributed by atoms with Gasteiger partial charge in [-0.3, -0.25) is 9.48 Å². The van der Waals surface area contributed by atoms with Crippen molar-refractivity contribution in [1.82, 2.24) is 9.78 Å². The van der Waals surface area contributed by atoms with Gasteiger partial charge in [0.15, 0.2) is 5.82 Å². The van der Waals surface area contributed by atoms with Crippen LogP contribution in [-0.2, 0) is 13.2 Å².